The summed E-state index contributed by atoms with van der Waals surface area (Å²) in [6.45, 7) is 7.53. The summed E-state index contributed by atoms with van der Waals surface area (Å²) < 4.78 is 5.71. The van der Waals surface area contributed by atoms with Gasteiger partial charge >= 0.3 is 0 Å². The minimum absolute atomic E-state index is 0.101. The van der Waals surface area contributed by atoms with E-state index in [9.17, 15) is 4.79 Å². The van der Waals surface area contributed by atoms with Crippen molar-refractivity contribution >= 4 is 17.3 Å². The van der Waals surface area contributed by atoms with E-state index >= 15 is 0 Å². The van der Waals surface area contributed by atoms with Crippen LogP contribution in [-0.2, 0) is 23.1 Å². The number of carbonyl (C=O) groups excluding carboxylic acids is 1. The molecular formula is C24H28N2O2. The molecule has 2 aromatic carbocycles. The molecule has 28 heavy (non-hydrogen) atoms. The topological polar surface area (TPSA) is 50.4 Å². The molecule has 2 N–H and O–H groups in total. The van der Waals surface area contributed by atoms with Crippen LogP contribution in [-0.4, -0.2) is 18.6 Å². The first-order chi connectivity index (χ1) is 13.3. The minimum Gasteiger partial charge on any atom is -0.493 e. The van der Waals surface area contributed by atoms with Crippen LogP contribution in [0.3, 0.4) is 0 Å². The molecule has 146 valence electrons. The Morgan fingerprint density at radius 2 is 1.96 bits per heavy atom. The van der Waals surface area contributed by atoms with Gasteiger partial charge in [0.25, 0.3) is 0 Å². The Morgan fingerprint density at radius 1 is 1.14 bits per heavy atom. The molecule has 1 aliphatic carbocycles. The largest absolute Gasteiger partial charge is 0.493 e. The zero-order valence-corrected chi connectivity index (χ0v) is 16.9. The molecule has 0 radical (unpaired) electrons. The van der Waals surface area contributed by atoms with Crippen LogP contribution in [0.4, 0.5) is 11.4 Å². The van der Waals surface area contributed by atoms with Gasteiger partial charge in [-0.15, -0.1) is 0 Å². The van der Waals surface area contributed by atoms with Crippen LogP contribution >= 0.6 is 0 Å². The highest BCUT2D eigenvalue weighted by Gasteiger charge is 2.51. The van der Waals surface area contributed by atoms with Gasteiger partial charge in [0.1, 0.15) is 5.75 Å². The lowest BCUT2D eigenvalue weighted by Gasteiger charge is -2.27. The number of carbonyl (C=O) groups is 1. The SMILES string of the molecule is CC(C)(C)C1Cc2cc(NC(=O)C3(c4ccc5c(c4)OCC5)CC3)ccc2N1. The second kappa shape index (κ2) is 6.00. The Kier molecular flexibility index (Phi) is 3.77. The summed E-state index contributed by atoms with van der Waals surface area (Å²) in [5.74, 6) is 1.05. The molecular weight excluding hydrogens is 348 g/mol. The summed E-state index contributed by atoms with van der Waals surface area (Å²) in [4.78, 5) is 13.2. The van der Waals surface area contributed by atoms with Gasteiger partial charge < -0.3 is 15.4 Å². The molecule has 4 nitrogen and oxygen atoms in total. The van der Waals surface area contributed by atoms with Gasteiger partial charge in [-0.25, -0.2) is 0 Å². The van der Waals surface area contributed by atoms with Gasteiger partial charge in [0.05, 0.1) is 12.0 Å². The fourth-order valence-electron chi connectivity index (χ4n) is 4.45. The molecule has 5 rings (SSSR count). The second-order valence-electron chi connectivity index (χ2n) is 9.60. The van der Waals surface area contributed by atoms with E-state index in [1.165, 1.54) is 16.8 Å². The van der Waals surface area contributed by atoms with Crippen LogP contribution < -0.4 is 15.4 Å². The van der Waals surface area contributed by atoms with Gasteiger partial charge in [-0.1, -0.05) is 32.9 Å². The second-order valence-corrected chi connectivity index (χ2v) is 9.60. The molecule has 0 aromatic heterocycles. The molecule has 1 amide bonds. The smallest absolute Gasteiger partial charge is 0.235 e. The number of hydrogen-bond donors (Lipinski definition) is 2. The lowest BCUT2D eigenvalue weighted by molar-refractivity contribution is -0.118. The van der Waals surface area contributed by atoms with Crippen LogP contribution in [0.2, 0.25) is 0 Å². The monoisotopic (exact) mass is 376 g/mol. The maximum absolute atomic E-state index is 13.2. The number of rotatable bonds is 3. The third kappa shape index (κ3) is 2.86. The highest BCUT2D eigenvalue weighted by molar-refractivity contribution is 6.01. The van der Waals surface area contributed by atoms with E-state index in [0.29, 0.717) is 6.04 Å². The first-order valence-corrected chi connectivity index (χ1v) is 10.3. The summed E-state index contributed by atoms with van der Waals surface area (Å²) in [6.07, 6.45) is 3.76. The summed E-state index contributed by atoms with van der Waals surface area (Å²) in [7, 11) is 0. The quantitative estimate of drug-likeness (QED) is 0.818. The van der Waals surface area contributed by atoms with Crippen molar-refractivity contribution in [2.75, 3.05) is 17.2 Å². The Balaban J connectivity index is 1.34. The molecule has 4 heteroatoms. The van der Waals surface area contributed by atoms with Crippen LogP contribution in [0.25, 0.3) is 0 Å². The number of benzene rings is 2. The lowest BCUT2D eigenvalue weighted by Crippen LogP contribution is -2.31. The fraction of sp³-hybridized carbons (Fsp3) is 0.458. The number of hydrogen-bond acceptors (Lipinski definition) is 3. The molecule has 0 bridgehead atoms. The van der Waals surface area contributed by atoms with Crippen molar-refractivity contribution in [1.29, 1.82) is 0 Å². The van der Waals surface area contributed by atoms with Gasteiger partial charge in [-0.3, -0.25) is 4.79 Å². The maximum atomic E-state index is 13.2. The van der Waals surface area contributed by atoms with Crippen LogP contribution in [0.15, 0.2) is 36.4 Å². The van der Waals surface area contributed by atoms with E-state index in [0.717, 1.165) is 49.3 Å². The zero-order valence-electron chi connectivity index (χ0n) is 16.9. The van der Waals surface area contributed by atoms with Crippen molar-refractivity contribution in [2.45, 2.75) is 57.9 Å². The van der Waals surface area contributed by atoms with Crippen molar-refractivity contribution in [2.24, 2.45) is 5.41 Å². The minimum atomic E-state index is -0.397. The van der Waals surface area contributed by atoms with Crippen molar-refractivity contribution in [3.8, 4) is 5.75 Å². The van der Waals surface area contributed by atoms with Gasteiger partial charge in [0, 0.05) is 23.8 Å². The van der Waals surface area contributed by atoms with Gasteiger partial charge in [-0.2, -0.15) is 0 Å². The van der Waals surface area contributed by atoms with Gasteiger partial charge in [-0.05, 0) is 65.6 Å². The number of nitrogens with one attached hydrogen (secondary N) is 2. The number of anilines is 2. The van der Waals surface area contributed by atoms with Crippen molar-refractivity contribution in [3.63, 3.8) is 0 Å². The highest BCUT2D eigenvalue weighted by Crippen LogP contribution is 2.50. The summed E-state index contributed by atoms with van der Waals surface area (Å²) >= 11 is 0. The standard InChI is InChI=1S/C24H28N2O2/c1-23(2,3)21-13-16-12-18(6-7-19(16)26-21)25-22(27)24(9-10-24)17-5-4-15-8-11-28-20(15)14-17/h4-7,12,14,21,26H,8-11,13H2,1-3H3,(H,25,27). The summed E-state index contributed by atoms with van der Waals surface area (Å²) in [5.41, 5.74) is 5.51. The molecule has 2 heterocycles. The van der Waals surface area contributed by atoms with Crippen LogP contribution in [0, 0.1) is 5.41 Å². The zero-order chi connectivity index (χ0) is 19.5. The molecule has 0 saturated heterocycles. The molecule has 2 aromatic rings. The van der Waals surface area contributed by atoms with E-state index in [1.807, 2.05) is 6.07 Å². The lowest BCUT2D eigenvalue weighted by atomic mass is 9.85. The Bertz CT molecular complexity index is 954. The molecule has 0 spiro atoms. The van der Waals surface area contributed by atoms with Crippen LogP contribution in [0.5, 0.6) is 5.75 Å². The average Bonchev–Trinajstić information content (AvgIpc) is 3.13. The molecule has 2 aliphatic heterocycles. The predicted octanol–water partition coefficient (Wildman–Crippen LogP) is 4.67. The van der Waals surface area contributed by atoms with E-state index in [4.69, 9.17) is 4.74 Å². The van der Waals surface area contributed by atoms with Crippen molar-refractivity contribution in [3.05, 3.63) is 53.1 Å². The van der Waals surface area contributed by atoms with E-state index in [-0.39, 0.29) is 11.3 Å². The van der Waals surface area contributed by atoms with E-state index in [2.05, 4.69) is 61.7 Å². The van der Waals surface area contributed by atoms with Crippen LogP contribution in [0.1, 0.15) is 50.3 Å². The third-order valence-electron chi connectivity index (χ3n) is 6.60. The summed E-state index contributed by atoms with van der Waals surface area (Å²) in [6, 6.07) is 13.0. The Hall–Kier alpha value is -2.49. The van der Waals surface area contributed by atoms with Crippen molar-refractivity contribution < 1.29 is 9.53 Å². The third-order valence-corrected chi connectivity index (χ3v) is 6.60. The number of fused-ring (bicyclic) bond motifs is 2. The highest BCUT2D eigenvalue weighted by atomic mass is 16.5. The Labute approximate surface area is 166 Å². The Morgan fingerprint density at radius 3 is 2.71 bits per heavy atom. The average molecular weight is 377 g/mol. The number of ether oxygens (including phenoxy) is 1. The number of amides is 1. The maximum Gasteiger partial charge on any atom is 0.235 e. The fourth-order valence-corrected chi connectivity index (χ4v) is 4.45. The van der Waals surface area contributed by atoms with Gasteiger partial charge in [0.15, 0.2) is 0 Å². The molecule has 1 atom stereocenters. The van der Waals surface area contributed by atoms with E-state index < -0.39 is 5.41 Å². The molecule has 1 unspecified atom stereocenters. The summed E-state index contributed by atoms with van der Waals surface area (Å²) in [5, 5.41) is 6.81. The first kappa shape index (κ1) is 17.6. The van der Waals surface area contributed by atoms with Crippen molar-refractivity contribution in [1.82, 2.24) is 0 Å². The molecule has 3 aliphatic rings. The predicted molar refractivity (Wildman–Crippen MR) is 112 cm³/mol. The van der Waals surface area contributed by atoms with E-state index in [1.54, 1.807) is 0 Å². The molecule has 1 saturated carbocycles. The normalized spacial score (nSPS) is 21.3. The first-order valence-electron chi connectivity index (χ1n) is 10.3. The van der Waals surface area contributed by atoms with Gasteiger partial charge in [0.2, 0.25) is 5.91 Å². The molecule has 1 fully saturated rings.